The molecule has 3 aromatic heterocycles. The number of nitrogens with zero attached hydrogens (tertiary/aromatic N) is 3. The highest BCUT2D eigenvalue weighted by atomic mass is 16.5. The van der Waals surface area contributed by atoms with Crippen LogP contribution in [-0.2, 0) is 11.3 Å². The summed E-state index contributed by atoms with van der Waals surface area (Å²) in [5.41, 5.74) is 1.04. The number of aryl methyl sites for hydroxylation is 1. The molecule has 7 heteroatoms. The third-order valence-electron chi connectivity index (χ3n) is 3.86. The molecule has 0 saturated heterocycles. The lowest BCUT2D eigenvalue weighted by Crippen LogP contribution is -2.37. The van der Waals surface area contributed by atoms with Crippen molar-refractivity contribution in [2.75, 3.05) is 20.3 Å². The maximum Gasteiger partial charge on any atom is 0.270 e. The smallest absolute Gasteiger partial charge is 0.270 e. The molecular formula is C18H19N3O4. The van der Waals surface area contributed by atoms with Gasteiger partial charge in [0.15, 0.2) is 0 Å². The van der Waals surface area contributed by atoms with E-state index in [0.717, 1.165) is 5.56 Å². The van der Waals surface area contributed by atoms with Crippen molar-refractivity contribution in [3.63, 3.8) is 0 Å². The number of rotatable bonds is 6. The zero-order valence-corrected chi connectivity index (χ0v) is 14.1. The van der Waals surface area contributed by atoms with Crippen molar-refractivity contribution in [2.45, 2.75) is 13.5 Å². The summed E-state index contributed by atoms with van der Waals surface area (Å²) in [6, 6.07) is 7.15. The van der Waals surface area contributed by atoms with Gasteiger partial charge in [-0.2, -0.15) is 0 Å². The van der Waals surface area contributed by atoms with Crippen LogP contribution >= 0.6 is 0 Å². The van der Waals surface area contributed by atoms with Gasteiger partial charge in [0.2, 0.25) is 0 Å². The van der Waals surface area contributed by atoms with E-state index < -0.39 is 5.91 Å². The zero-order chi connectivity index (χ0) is 17.8. The second kappa shape index (κ2) is 7.31. The van der Waals surface area contributed by atoms with Crippen molar-refractivity contribution in [1.29, 1.82) is 0 Å². The third kappa shape index (κ3) is 3.61. The first-order chi connectivity index (χ1) is 12.1. The van der Waals surface area contributed by atoms with E-state index in [4.69, 9.17) is 9.15 Å². The Morgan fingerprint density at radius 3 is 2.92 bits per heavy atom. The van der Waals surface area contributed by atoms with E-state index >= 15 is 0 Å². The molecule has 0 radical (unpaired) electrons. The van der Waals surface area contributed by atoms with E-state index in [1.807, 2.05) is 13.0 Å². The minimum Gasteiger partial charge on any atom is -0.467 e. The molecular weight excluding hydrogens is 322 g/mol. The Bertz CT molecular complexity index is 931. The summed E-state index contributed by atoms with van der Waals surface area (Å²) < 4.78 is 11.8. The van der Waals surface area contributed by atoms with Crippen LogP contribution in [0, 0.1) is 6.92 Å². The van der Waals surface area contributed by atoms with Gasteiger partial charge < -0.3 is 14.1 Å². The highest BCUT2D eigenvalue weighted by Gasteiger charge is 2.21. The van der Waals surface area contributed by atoms with E-state index in [2.05, 4.69) is 4.98 Å². The number of methoxy groups -OCH3 is 1. The van der Waals surface area contributed by atoms with Crippen molar-refractivity contribution in [2.24, 2.45) is 0 Å². The Balaban J connectivity index is 1.97. The monoisotopic (exact) mass is 341 g/mol. The van der Waals surface area contributed by atoms with Gasteiger partial charge in [-0.05, 0) is 30.7 Å². The predicted octanol–water partition coefficient (Wildman–Crippen LogP) is 1.88. The van der Waals surface area contributed by atoms with Gasteiger partial charge in [0.05, 0.1) is 19.4 Å². The summed E-state index contributed by atoms with van der Waals surface area (Å²) in [5, 5.41) is 0. The van der Waals surface area contributed by atoms with Gasteiger partial charge in [0, 0.05) is 26.0 Å². The fourth-order valence-electron chi connectivity index (χ4n) is 2.54. The van der Waals surface area contributed by atoms with Crippen molar-refractivity contribution in [3.8, 4) is 0 Å². The molecule has 3 heterocycles. The van der Waals surface area contributed by atoms with Crippen LogP contribution in [-0.4, -0.2) is 40.5 Å². The molecule has 0 N–H and O–H groups in total. The molecule has 0 saturated carbocycles. The van der Waals surface area contributed by atoms with E-state index in [0.29, 0.717) is 24.6 Å². The standard InChI is InChI=1S/C18H19N3O4/c1-13-5-6-16-19-10-15(18(23)21(16)11-13)17(22)20(7-9-24-2)12-14-4-3-8-25-14/h3-6,8,10-11H,7,9,12H2,1-2H3. The molecule has 0 aliphatic rings. The summed E-state index contributed by atoms with van der Waals surface area (Å²) in [5.74, 6) is 0.232. The fourth-order valence-corrected chi connectivity index (χ4v) is 2.54. The molecule has 3 aromatic rings. The molecule has 0 aromatic carbocycles. The highest BCUT2D eigenvalue weighted by Crippen LogP contribution is 2.09. The lowest BCUT2D eigenvalue weighted by molar-refractivity contribution is 0.0664. The number of carbonyl (C=O) groups is 1. The van der Waals surface area contributed by atoms with E-state index in [1.54, 1.807) is 37.8 Å². The Morgan fingerprint density at radius 2 is 2.20 bits per heavy atom. The molecule has 0 aliphatic heterocycles. The molecule has 7 nitrogen and oxygen atoms in total. The van der Waals surface area contributed by atoms with Gasteiger partial charge in [-0.1, -0.05) is 6.07 Å². The second-order valence-corrected chi connectivity index (χ2v) is 5.71. The molecule has 0 atom stereocenters. The van der Waals surface area contributed by atoms with Crippen molar-refractivity contribution in [1.82, 2.24) is 14.3 Å². The van der Waals surface area contributed by atoms with E-state index in [1.165, 1.54) is 15.5 Å². The molecule has 0 fully saturated rings. The summed E-state index contributed by atoms with van der Waals surface area (Å²) in [6.07, 6.45) is 4.55. The van der Waals surface area contributed by atoms with Crippen LogP contribution in [0.5, 0.6) is 0 Å². The van der Waals surface area contributed by atoms with Crippen LogP contribution in [0.15, 0.2) is 52.1 Å². The maximum atomic E-state index is 12.9. The molecule has 0 spiro atoms. The zero-order valence-electron chi connectivity index (χ0n) is 14.1. The number of fused-ring (bicyclic) bond motifs is 1. The minimum atomic E-state index is -0.401. The molecule has 0 bridgehead atoms. The Kier molecular flexibility index (Phi) is 4.95. The Morgan fingerprint density at radius 1 is 1.36 bits per heavy atom. The van der Waals surface area contributed by atoms with Crippen LogP contribution in [0.25, 0.3) is 5.65 Å². The maximum absolute atomic E-state index is 12.9. The largest absolute Gasteiger partial charge is 0.467 e. The van der Waals surface area contributed by atoms with Gasteiger partial charge >= 0.3 is 0 Å². The van der Waals surface area contributed by atoms with E-state index in [9.17, 15) is 9.59 Å². The van der Waals surface area contributed by atoms with Crippen molar-refractivity contribution in [3.05, 3.63) is 70.2 Å². The SMILES string of the molecule is COCCN(Cc1ccco1)C(=O)c1cnc2ccc(C)cn2c1=O. The highest BCUT2D eigenvalue weighted by molar-refractivity contribution is 5.93. The van der Waals surface area contributed by atoms with Crippen LogP contribution in [0.1, 0.15) is 21.7 Å². The van der Waals surface area contributed by atoms with Crippen molar-refractivity contribution >= 4 is 11.6 Å². The van der Waals surface area contributed by atoms with Crippen LogP contribution in [0.2, 0.25) is 0 Å². The summed E-state index contributed by atoms with van der Waals surface area (Å²) in [4.78, 5) is 31.4. The summed E-state index contributed by atoms with van der Waals surface area (Å²) in [6.45, 7) is 2.83. The quantitative estimate of drug-likeness (QED) is 0.684. The normalized spacial score (nSPS) is 11.0. The van der Waals surface area contributed by atoms with Gasteiger partial charge in [-0.3, -0.25) is 14.0 Å². The van der Waals surface area contributed by atoms with Crippen LogP contribution < -0.4 is 5.56 Å². The third-order valence-corrected chi connectivity index (χ3v) is 3.86. The second-order valence-electron chi connectivity index (χ2n) is 5.71. The van der Waals surface area contributed by atoms with Crippen molar-refractivity contribution < 1.29 is 13.9 Å². The van der Waals surface area contributed by atoms with Gasteiger partial charge in [0.25, 0.3) is 11.5 Å². The number of pyridine rings is 1. The summed E-state index contributed by atoms with van der Waals surface area (Å²) >= 11 is 0. The lowest BCUT2D eigenvalue weighted by Gasteiger charge is -2.21. The van der Waals surface area contributed by atoms with E-state index in [-0.39, 0.29) is 17.7 Å². The number of amides is 1. The number of carbonyl (C=O) groups excluding carboxylic acids is 1. The molecule has 130 valence electrons. The van der Waals surface area contributed by atoms with Gasteiger partial charge in [-0.15, -0.1) is 0 Å². The number of aromatic nitrogens is 2. The fraction of sp³-hybridized carbons (Fsp3) is 0.278. The lowest BCUT2D eigenvalue weighted by atomic mass is 10.2. The Labute approximate surface area is 144 Å². The summed E-state index contributed by atoms with van der Waals surface area (Å²) in [7, 11) is 1.56. The molecule has 3 rings (SSSR count). The minimum absolute atomic E-state index is 0.0192. The van der Waals surface area contributed by atoms with Crippen LogP contribution in [0.4, 0.5) is 0 Å². The number of hydrogen-bond acceptors (Lipinski definition) is 5. The average molecular weight is 341 g/mol. The predicted molar refractivity (Wildman–Crippen MR) is 91.5 cm³/mol. The Hall–Kier alpha value is -2.93. The topological polar surface area (TPSA) is 77.1 Å². The number of ether oxygens (including phenoxy) is 1. The van der Waals surface area contributed by atoms with Gasteiger partial charge in [-0.25, -0.2) is 4.98 Å². The molecule has 1 amide bonds. The van der Waals surface area contributed by atoms with Gasteiger partial charge in [0.1, 0.15) is 17.0 Å². The molecule has 25 heavy (non-hydrogen) atoms. The first-order valence-corrected chi connectivity index (χ1v) is 7.89. The average Bonchev–Trinajstić information content (AvgIpc) is 3.12. The molecule has 0 unspecified atom stereocenters. The first kappa shape index (κ1) is 16.9. The number of furan rings is 1. The number of hydrogen-bond donors (Lipinski definition) is 0. The molecule has 0 aliphatic carbocycles. The van der Waals surface area contributed by atoms with Crippen LogP contribution in [0.3, 0.4) is 0 Å². The first-order valence-electron chi connectivity index (χ1n) is 7.89.